The Hall–Kier alpha value is -2.39. The molecule has 0 unspecified atom stereocenters. The smallest absolute Gasteiger partial charge is 0.352 e. The van der Waals surface area contributed by atoms with Gasteiger partial charge in [-0.3, -0.25) is 19.2 Å². The van der Waals surface area contributed by atoms with Gasteiger partial charge in [-0.2, -0.15) is 5.10 Å². The second kappa shape index (κ2) is 8.86. The summed E-state index contributed by atoms with van der Waals surface area (Å²) >= 11 is 6.14. The maximum Gasteiger partial charge on any atom is 0.352 e. The van der Waals surface area contributed by atoms with Crippen molar-refractivity contribution in [2.24, 2.45) is 7.05 Å². The fourth-order valence-electron chi connectivity index (χ4n) is 3.47. The second-order valence-electron chi connectivity index (χ2n) is 7.23. The van der Waals surface area contributed by atoms with Gasteiger partial charge in [-0.05, 0) is 45.8 Å². The summed E-state index contributed by atoms with van der Waals surface area (Å²) in [4.78, 5) is 38.5. The van der Waals surface area contributed by atoms with E-state index in [-0.39, 0.29) is 18.1 Å². The Kier molecular flexibility index (Phi) is 6.31. The van der Waals surface area contributed by atoms with Crippen molar-refractivity contribution in [3.8, 4) is 0 Å². The predicted octanol–water partition coefficient (Wildman–Crippen LogP) is 0.317. The van der Waals surface area contributed by atoms with E-state index in [9.17, 15) is 19.5 Å². The molecule has 15 heteroatoms. The molecule has 2 aliphatic heterocycles. The Morgan fingerprint density at radius 2 is 2.12 bits per heavy atom. The number of hydrogen-bond donors (Lipinski definition) is 2. The average molecular weight is 543 g/mol. The van der Waals surface area contributed by atoms with Crippen LogP contribution in [-0.2, 0) is 28.0 Å². The van der Waals surface area contributed by atoms with Crippen LogP contribution in [0, 0.1) is 13.8 Å². The molecule has 2 amide bonds. The van der Waals surface area contributed by atoms with Crippen LogP contribution in [0.4, 0.5) is 0 Å². The van der Waals surface area contributed by atoms with Crippen LogP contribution in [0.1, 0.15) is 11.4 Å². The van der Waals surface area contributed by atoms with Gasteiger partial charge in [-0.1, -0.05) is 11.8 Å². The monoisotopic (exact) mass is 542 g/mol. The van der Waals surface area contributed by atoms with Crippen molar-refractivity contribution in [2.45, 2.75) is 37.0 Å². The lowest BCUT2D eigenvalue weighted by atomic mass is 10.0. The number of carboxylic acids is 1. The third-order valence-electron chi connectivity index (χ3n) is 5.11. The number of aryl methyl sites for hydroxylation is 2. The fourth-order valence-corrected chi connectivity index (χ4v) is 6.09. The number of amides is 2. The predicted molar refractivity (Wildman–Crippen MR) is 119 cm³/mol. The first kappa shape index (κ1) is 22.8. The molecule has 0 bridgehead atoms. The summed E-state index contributed by atoms with van der Waals surface area (Å²) in [5.74, 6) is -1.22. The number of aliphatic carboxylic acids is 1. The van der Waals surface area contributed by atoms with Crippen molar-refractivity contribution < 1.29 is 19.5 Å². The van der Waals surface area contributed by atoms with E-state index in [0.29, 0.717) is 22.2 Å². The number of rotatable bonds is 7. The number of carbonyl (C=O) groups excluding carboxylic acids is 2. The molecule has 0 aliphatic carbocycles. The van der Waals surface area contributed by atoms with Gasteiger partial charge >= 0.3 is 5.97 Å². The first-order valence-electron chi connectivity index (χ1n) is 9.43. The molecular weight excluding hydrogens is 524 g/mol. The van der Waals surface area contributed by atoms with Gasteiger partial charge in [-0.25, -0.2) is 9.48 Å². The largest absolute Gasteiger partial charge is 0.477 e. The zero-order valence-electron chi connectivity index (χ0n) is 17.3. The standard InChI is InChI=1S/C17H19BrN8O4S2/c1-7-11(18)8(2)25(21-7)4-10(27)19-12-14(28)26-13(16(29)30)9(5-31-15(12)26)6-32-17-20-22-23-24(17)3/h12,15H,4-6H2,1-3H3,(H,19,27)(H,29,30)/t12-,15-/m0/s1. The lowest BCUT2D eigenvalue weighted by Gasteiger charge is -2.49. The second-order valence-corrected chi connectivity index (χ2v) is 10.1. The van der Waals surface area contributed by atoms with Gasteiger partial charge in [0.15, 0.2) is 0 Å². The van der Waals surface area contributed by atoms with Crippen LogP contribution in [0.3, 0.4) is 0 Å². The SMILES string of the molecule is Cc1nn(CC(=O)N[C@H]2C(=O)N3C(C(=O)O)=C(CSc4nnnn4C)CS[C@@H]23)c(C)c1Br. The van der Waals surface area contributed by atoms with Crippen LogP contribution in [-0.4, -0.2) is 80.7 Å². The molecule has 0 radical (unpaired) electrons. The van der Waals surface area contributed by atoms with Gasteiger partial charge in [0, 0.05) is 18.6 Å². The summed E-state index contributed by atoms with van der Waals surface area (Å²) in [6.07, 6.45) is 0. The summed E-state index contributed by atoms with van der Waals surface area (Å²) in [6, 6.07) is -0.778. The van der Waals surface area contributed by atoms with Crippen molar-refractivity contribution >= 4 is 57.2 Å². The molecule has 0 spiro atoms. The average Bonchev–Trinajstić information content (AvgIpc) is 3.27. The Labute approximate surface area is 199 Å². The van der Waals surface area contributed by atoms with E-state index in [0.717, 1.165) is 15.9 Å². The highest BCUT2D eigenvalue weighted by Crippen LogP contribution is 2.41. The molecular formula is C17H19BrN8O4S2. The first-order chi connectivity index (χ1) is 15.2. The number of nitrogens with one attached hydrogen (secondary N) is 1. The Morgan fingerprint density at radius 1 is 1.38 bits per heavy atom. The highest BCUT2D eigenvalue weighted by molar-refractivity contribution is 9.10. The molecule has 2 N–H and O–H groups in total. The van der Waals surface area contributed by atoms with Crippen LogP contribution >= 0.6 is 39.5 Å². The number of carbonyl (C=O) groups is 3. The summed E-state index contributed by atoms with van der Waals surface area (Å²) in [7, 11) is 1.69. The summed E-state index contributed by atoms with van der Waals surface area (Å²) in [5, 5.41) is 28.1. The summed E-state index contributed by atoms with van der Waals surface area (Å²) in [5.41, 5.74) is 2.15. The van der Waals surface area contributed by atoms with Crippen LogP contribution in [0.2, 0.25) is 0 Å². The topological polar surface area (TPSA) is 148 Å². The molecule has 2 aromatic rings. The van der Waals surface area contributed by atoms with Crippen LogP contribution < -0.4 is 5.32 Å². The quantitative estimate of drug-likeness (QED) is 0.370. The van der Waals surface area contributed by atoms with E-state index in [4.69, 9.17) is 0 Å². The lowest BCUT2D eigenvalue weighted by Crippen LogP contribution is -2.70. The number of hydrogen-bond acceptors (Lipinski definition) is 9. The highest BCUT2D eigenvalue weighted by Gasteiger charge is 2.54. The molecule has 1 fully saturated rings. The number of aromatic nitrogens is 6. The minimum absolute atomic E-state index is 0.0330. The van der Waals surface area contributed by atoms with Gasteiger partial charge in [-0.15, -0.1) is 16.9 Å². The lowest BCUT2D eigenvalue weighted by molar-refractivity contribution is -0.150. The third-order valence-corrected chi connectivity index (χ3v) is 8.69. The van der Waals surface area contributed by atoms with E-state index in [1.54, 1.807) is 11.7 Å². The summed E-state index contributed by atoms with van der Waals surface area (Å²) < 4.78 is 3.88. The van der Waals surface area contributed by atoms with Crippen molar-refractivity contribution in [1.29, 1.82) is 0 Å². The molecule has 2 atom stereocenters. The van der Waals surface area contributed by atoms with Crippen molar-refractivity contribution in [1.82, 2.24) is 40.2 Å². The van der Waals surface area contributed by atoms with Crippen molar-refractivity contribution in [2.75, 3.05) is 11.5 Å². The first-order valence-corrected chi connectivity index (χ1v) is 12.3. The molecule has 1 saturated heterocycles. The van der Waals surface area contributed by atoms with E-state index in [2.05, 4.69) is 41.9 Å². The molecule has 0 saturated carbocycles. The molecule has 170 valence electrons. The van der Waals surface area contributed by atoms with Gasteiger partial charge < -0.3 is 10.4 Å². The summed E-state index contributed by atoms with van der Waals surface area (Å²) in [6.45, 7) is 3.63. The van der Waals surface area contributed by atoms with Crippen LogP contribution in [0.25, 0.3) is 0 Å². The molecule has 2 aromatic heterocycles. The van der Waals surface area contributed by atoms with E-state index >= 15 is 0 Å². The van der Waals surface area contributed by atoms with Gasteiger partial charge in [0.1, 0.15) is 23.7 Å². The Bertz CT molecular complexity index is 1150. The minimum Gasteiger partial charge on any atom is -0.477 e. The Morgan fingerprint density at radius 3 is 2.72 bits per heavy atom. The number of fused-ring (bicyclic) bond motifs is 1. The van der Waals surface area contributed by atoms with Crippen LogP contribution in [0.5, 0.6) is 0 Å². The molecule has 12 nitrogen and oxygen atoms in total. The number of nitrogens with zero attached hydrogens (tertiary/aromatic N) is 7. The zero-order valence-corrected chi connectivity index (χ0v) is 20.5. The molecule has 2 aliphatic rings. The van der Waals surface area contributed by atoms with Crippen LogP contribution in [0.15, 0.2) is 20.9 Å². The molecule has 4 rings (SSSR count). The van der Waals surface area contributed by atoms with Crippen molar-refractivity contribution in [3.63, 3.8) is 0 Å². The van der Waals surface area contributed by atoms with E-state index < -0.39 is 23.3 Å². The Balaban J connectivity index is 1.44. The number of β-lactam (4-membered cyclic amide) rings is 1. The van der Waals surface area contributed by atoms with Gasteiger partial charge in [0.05, 0.1) is 15.9 Å². The molecule has 4 heterocycles. The normalized spacial score (nSPS) is 20.2. The van der Waals surface area contributed by atoms with Crippen molar-refractivity contribution in [3.05, 3.63) is 27.1 Å². The fraction of sp³-hybridized carbons (Fsp3) is 0.471. The highest BCUT2D eigenvalue weighted by atomic mass is 79.9. The number of tetrazole rings is 1. The maximum atomic E-state index is 12.8. The zero-order chi connectivity index (χ0) is 23.2. The number of thioether (sulfide) groups is 2. The molecule has 0 aromatic carbocycles. The third kappa shape index (κ3) is 4.03. The number of halogens is 1. The van der Waals surface area contributed by atoms with Gasteiger partial charge in [0.2, 0.25) is 11.1 Å². The maximum absolute atomic E-state index is 12.8. The van der Waals surface area contributed by atoms with E-state index in [1.165, 1.54) is 33.1 Å². The number of carboxylic acid groups (broad SMARTS) is 1. The minimum atomic E-state index is -1.17. The van der Waals surface area contributed by atoms with E-state index in [1.807, 2.05) is 13.8 Å². The molecule has 32 heavy (non-hydrogen) atoms. The van der Waals surface area contributed by atoms with Gasteiger partial charge in [0.25, 0.3) is 5.91 Å².